The molecule has 2 nitrogen and oxygen atoms in total. The van der Waals surface area contributed by atoms with Crippen LogP contribution in [-0.2, 0) is 0 Å². The van der Waals surface area contributed by atoms with Crippen molar-refractivity contribution < 1.29 is 0 Å². The van der Waals surface area contributed by atoms with E-state index in [1.807, 2.05) is 36.5 Å². The molecule has 1 aromatic heterocycles. The van der Waals surface area contributed by atoms with Crippen LogP contribution < -0.4 is 5.32 Å². The third kappa shape index (κ3) is 3.17. The van der Waals surface area contributed by atoms with E-state index >= 15 is 0 Å². The summed E-state index contributed by atoms with van der Waals surface area (Å²) in [5.41, 5.74) is 2.06. The van der Waals surface area contributed by atoms with Crippen LogP contribution in [0.25, 0.3) is 0 Å². The Morgan fingerprint density at radius 3 is 2.29 bits per heavy atom. The molecule has 0 amide bonds. The molecule has 2 aromatic rings. The molecule has 3 heteroatoms. The third-order valence-corrected chi connectivity index (χ3v) is 4.53. The lowest BCUT2D eigenvalue weighted by atomic mass is 10.3. The van der Waals surface area contributed by atoms with Gasteiger partial charge in [0.05, 0.1) is 25.7 Å². The van der Waals surface area contributed by atoms with Gasteiger partial charge in [0, 0.05) is 0 Å². The second kappa shape index (κ2) is 4.71. The number of nitrogens with zero attached hydrogens (tertiary/aromatic N) is 1. The molecule has 1 heterocycles. The maximum absolute atomic E-state index is 4.43. The van der Waals surface area contributed by atoms with Crippen LogP contribution in [0.2, 0.25) is 19.6 Å². The van der Waals surface area contributed by atoms with Gasteiger partial charge in [-0.3, -0.25) is 4.99 Å². The molecule has 88 valence electrons. The fraction of sp³-hybridized carbons (Fsp3) is 0.214. The van der Waals surface area contributed by atoms with Gasteiger partial charge in [0.15, 0.2) is 0 Å². The van der Waals surface area contributed by atoms with E-state index in [0.29, 0.717) is 0 Å². The summed E-state index contributed by atoms with van der Waals surface area (Å²) in [6, 6.07) is 14.3. The lowest BCUT2D eigenvalue weighted by Crippen LogP contribution is -2.38. The van der Waals surface area contributed by atoms with E-state index in [4.69, 9.17) is 0 Å². The monoisotopic (exact) mass is 242 g/mol. The highest BCUT2D eigenvalue weighted by molar-refractivity contribution is 6.88. The zero-order chi connectivity index (χ0) is 12.3. The Labute approximate surface area is 103 Å². The average molecular weight is 242 g/mol. The smallest absolute Gasteiger partial charge is 0.0981 e. The van der Waals surface area contributed by atoms with E-state index in [9.17, 15) is 0 Å². The number of nitrogens with one attached hydrogen (secondary N) is 1. The molecule has 17 heavy (non-hydrogen) atoms. The summed E-state index contributed by atoms with van der Waals surface area (Å²) < 4.78 is 0. The topological polar surface area (TPSA) is 28.1 Å². The third-order valence-electron chi connectivity index (χ3n) is 2.63. The average Bonchev–Trinajstić information content (AvgIpc) is 2.76. The van der Waals surface area contributed by atoms with Crippen LogP contribution in [0.15, 0.2) is 47.5 Å². The largest absolute Gasteiger partial charge is 0.362 e. The SMILES string of the molecule is C[Si](C)(C)c1ccc(/C=N/c2ccccc2)[nH]1. The Bertz CT molecular complexity index is 507. The summed E-state index contributed by atoms with van der Waals surface area (Å²) in [6.45, 7) is 6.99. The van der Waals surface area contributed by atoms with Gasteiger partial charge in [-0.1, -0.05) is 37.8 Å². The first kappa shape index (κ1) is 11.9. The molecule has 1 N–H and O–H groups in total. The van der Waals surface area contributed by atoms with Gasteiger partial charge in [0.25, 0.3) is 0 Å². The van der Waals surface area contributed by atoms with Crippen molar-refractivity contribution in [3.63, 3.8) is 0 Å². The van der Waals surface area contributed by atoms with Gasteiger partial charge in [0.2, 0.25) is 0 Å². The zero-order valence-electron chi connectivity index (χ0n) is 10.6. The molecule has 0 aliphatic rings. The number of para-hydroxylation sites is 1. The number of H-pyrrole nitrogens is 1. The van der Waals surface area contributed by atoms with Crippen molar-refractivity contribution in [3.8, 4) is 0 Å². The van der Waals surface area contributed by atoms with Crippen molar-refractivity contribution in [2.45, 2.75) is 19.6 Å². The van der Waals surface area contributed by atoms with Gasteiger partial charge in [-0.25, -0.2) is 0 Å². The van der Waals surface area contributed by atoms with Crippen molar-refractivity contribution in [3.05, 3.63) is 48.2 Å². The zero-order valence-corrected chi connectivity index (χ0v) is 11.6. The van der Waals surface area contributed by atoms with E-state index in [2.05, 4.69) is 41.8 Å². The Morgan fingerprint density at radius 1 is 1.00 bits per heavy atom. The van der Waals surface area contributed by atoms with Gasteiger partial charge in [-0.15, -0.1) is 0 Å². The van der Waals surface area contributed by atoms with Crippen molar-refractivity contribution in [1.29, 1.82) is 0 Å². The van der Waals surface area contributed by atoms with E-state index in [-0.39, 0.29) is 0 Å². The number of aromatic nitrogens is 1. The summed E-state index contributed by atoms with van der Waals surface area (Å²) in [7, 11) is -1.24. The normalized spacial score (nSPS) is 12.2. The van der Waals surface area contributed by atoms with Gasteiger partial charge >= 0.3 is 0 Å². The molecule has 2 rings (SSSR count). The van der Waals surface area contributed by atoms with Crippen molar-refractivity contribution in [2.75, 3.05) is 0 Å². The van der Waals surface area contributed by atoms with Crippen LogP contribution in [0.3, 0.4) is 0 Å². The molecule has 0 atom stereocenters. The Hall–Kier alpha value is -1.61. The minimum absolute atomic E-state index is 0.983. The van der Waals surface area contributed by atoms with Gasteiger partial charge in [-0.05, 0) is 29.6 Å². The van der Waals surface area contributed by atoms with Crippen LogP contribution in [0, 0.1) is 0 Å². The van der Waals surface area contributed by atoms with E-state index in [0.717, 1.165) is 11.4 Å². The second-order valence-corrected chi connectivity index (χ2v) is 10.2. The maximum atomic E-state index is 4.43. The molecule has 0 spiro atoms. The molecule has 0 unspecified atom stereocenters. The molecule has 0 aliphatic heterocycles. The highest BCUT2D eigenvalue weighted by Gasteiger charge is 2.17. The molecule has 0 bridgehead atoms. The Balaban J connectivity index is 2.15. The molecule has 0 radical (unpaired) electrons. The highest BCUT2D eigenvalue weighted by Crippen LogP contribution is 2.09. The first-order valence-electron chi connectivity index (χ1n) is 5.84. The standard InChI is InChI=1S/C14H18N2Si/c1-17(2,3)14-10-9-13(16-14)11-15-12-7-5-4-6-8-12/h4-11,16H,1-3H3/b15-11+. The van der Waals surface area contributed by atoms with Crippen molar-refractivity contribution in [2.24, 2.45) is 4.99 Å². The van der Waals surface area contributed by atoms with Crippen LogP contribution in [0.1, 0.15) is 5.69 Å². The van der Waals surface area contributed by atoms with Crippen molar-refractivity contribution in [1.82, 2.24) is 4.98 Å². The summed E-state index contributed by atoms with van der Waals surface area (Å²) in [5, 5.41) is 1.37. The lowest BCUT2D eigenvalue weighted by molar-refractivity contribution is 1.40. The molecular formula is C14H18N2Si. The van der Waals surface area contributed by atoms with Crippen LogP contribution in [-0.4, -0.2) is 19.3 Å². The summed E-state index contributed by atoms with van der Waals surface area (Å²) >= 11 is 0. The van der Waals surface area contributed by atoms with Crippen LogP contribution >= 0.6 is 0 Å². The van der Waals surface area contributed by atoms with Crippen LogP contribution in [0.5, 0.6) is 0 Å². The predicted octanol–water partition coefficient (Wildman–Crippen LogP) is 3.31. The Morgan fingerprint density at radius 2 is 1.71 bits per heavy atom. The molecule has 0 aliphatic carbocycles. The molecule has 0 saturated heterocycles. The van der Waals surface area contributed by atoms with Crippen LogP contribution in [0.4, 0.5) is 5.69 Å². The summed E-state index contributed by atoms with van der Waals surface area (Å²) in [4.78, 5) is 7.87. The second-order valence-electron chi connectivity index (χ2n) is 5.17. The molecular weight excluding hydrogens is 224 g/mol. The maximum Gasteiger partial charge on any atom is 0.0981 e. The van der Waals surface area contributed by atoms with E-state index in [1.54, 1.807) is 0 Å². The number of benzene rings is 1. The number of hydrogen-bond donors (Lipinski definition) is 1. The number of hydrogen-bond acceptors (Lipinski definition) is 1. The fourth-order valence-electron chi connectivity index (χ4n) is 1.58. The first-order chi connectivity index (χ1) is 8.05. The molecule has 0 fully saturated rings. The van der Waals surface area contributed by atoms with E-state index < -0.39 is 8.07 Å². The number of aliphatic imine (C=N–C) groups is 1. The minimum Gasteiger partial charge on any atom is -0.362 e. The summed E-state index contributed by atoms with van der Waals surface area (Å²) in [6.07, 6.45) is 1.89. The van der Waals surface area contributed by atoms with Gasteiger partial charge in [0.1, 0.15) is 0 Å². The fourth-order valence-corrected chi connectivity index (χ4v) is 2.69. The predicted molar refractivity (Wildman–Crippen MR) is 77.5 cm³/mol. The van der Waals surface area contributed by atoms with Crippen molar-refractivity contribution >= 4 is 25.3 Å². The molecule has 0 saturated carbocycles. The number of aromatic amines is 1. The Kier molecular flexibility index (Phi) is 3.29. The first-order valence-corrected chi connectivity index (χ1v) is 9.34. The lowest BCUT2D eigenvalue weighted by Gasteiger charge is -2.12. The van der Waals surface area contributed by atoms with Gasteiger partial charge < -0.3 is 4.98 Å². The highest BCUT2D eigenvalue weighted by atomic mass is 28.3. The summed E-state index contributed by atoms with van der Waals surface area (Å²) in [5.74, 6) is 0. The minimum atomic E-state index is -1.24. The van der Waals surface area contributed by atoms with Gasteiger partial charge in [-0.2, -0.15) is 0 Å². The quantitative estimate of drug-likeness (QED) is 0.632. The van der Waals surface area contributed by atoms with E-state index in [1.165, 1.54) is 5.32 Å². The molecule has 1 aromatic carbocycles. The number of rotatable bonds is 3.